The molecule has 2 atom stereocenters. The number of hydrogen-bond donors (Lipinski definition) is 0. The minimum absolute atomic E-state index is 0.0230. The van der Waals surface area contributed by atoms with E-state index < -0.39 is 13.9 Å². The number of rotatable bonds is 46. The first-order chi connectivity index (χ1) is 29.1. The Morgan fingerprint density at radius 3 is 1.38 bits per heavy atom. The number of nitrogens with zero attached hydrogens (tertiary/aromatic N) is 1. The fraction of sp³-hybridized carbons (Fsp3) is 0.824. The van der Waals surface area contributed by atoms with Crippen LogP contribution >= 0.6 is 7.82 Å². The number of quaternary nitrogens is 1. The lowest BCUT2D eigenvalue weighted by atomic mass is 10.1. The van der Waals surface area contributed by atoms with E-state index in [1.165, 1.54) is 148 Å². The first-order valence-electron chi connectivity index (χ1n) is 24.9. The second-order valence-electron chi connectivity index (χ2n) is 17.8. The number of ether oxygens (including phenoxy) is 2. The molecule has 0 radical (unpaired) electrons. The highest BCUT2D eigenvalue weighted by Crippen LogP contribution is 2.38. The van der Waals surface area contributed by atoms with Crippen molar-refractivity contribution in [2.75, 3.05) is 54.1 Å². The fourth-order valence-corrected chi connectivity index (χ4v) is 7.45. The van der Waals surface area contributed by atoms with Crippen LogP contribution < -0.4 is 4.89 Å². The van der Waals surface area contributed by atoms with Gasteiger partial charge in [0.2, 0.25) is 0 Å². The Labute approximate surface area is 371 Å². The molecule has 0 heterocycles. The van der Waals surface area contributed by atoms with Gasteiger partial charge < -0.3 is 27.9 Å². The Morgan fingerprint density at radius 1 is 0.517 bits per heavy atom. The smallest absolute Gasteiger partial charge is 0.306 e. The molecule has 0 aliphatic heterocycles. The van der Waals surface area contributed by atoms with Gasteiger partial charge in [-0.3, -0.25) is 9.36 Å². The number of unbranched alkanes of at least 4 members (excludes halogenated alkanes) is 24. The molecule has 0 N–H and O–H groups in total. The molecule has 0 aromatic rings. The number of phosphoric ester groups is 1. The zero-order chi connectivity index (χ0) is 44.1. The molecule has 0 fully saturated rings. The Kier molecular flexibility index (Phi) is 43.0. The van der Waals surface area contributed by atoms with Crippen LogP contribution in [0.1, 0.15) is 213 Å². The molecule has 0 amide bonds. The Balaban J connectivity index is 4.18. The monoisotopic (exact) mass is 866 g/mol. The summed E-state index contributed by atoms with van der Waals surface area (Å²) in [7, 11) is 1.35. The molecule has 9 heteroatoms. The normalized spacial score (nSPS) is 14.0. The summed E-state index contributed by atoms with van der Waals surface area (Å²) in [5.41, 5.74) is 0. The largest absolute Gasteiger partial charge is 0.756 e. The summed E-state index contributed by atoms with van der Waals surface area (Å²) in [6.07, 6.45) is 54.1. The molecular weight excluding hydrogens is 770 g/mol. The summed E-state index contributed by atoms with van der Waals surface area (Å²) >= 11 is 0. The summed E-state index contributed by atoms with van der Waals surface area (Å²) in [6, 6.07) is 0. The summed E-state index contributed by atoms with van der Waals surface area (Å²) in [5, 5.41) is 0. The molecule has 8 nitrogen and oxygen atoms in total. The van der Waals surface area contributed by atoms with Crippen molar-refractivity contribution in [2.24, 2.45) is 0 Å². The van der Waals surface area contributed by atoms with Crippen molar-refractivity contribution >= 4 is 13.8 Å². The van der Waals surface area contributed by atoms with Crippen LogP contribution in [0.5, 0.6) is 0 Å². The van der Waals surface area contributed by atoms with E-state index >= 15 is 0 Å². The predicted molar refractivity (Wildman–Crippen MR) is 254 cm³/mol. The molecule has 0 aliphatic rings. The van der Waals surface area contributed by atoms with E-state index in [9.17, 15) is 14.3 Å². The number of carbonyl (C=O) groups excluding carboxylic acids is 1. The quantitative estimate of drug-likeness (QED) is 0.0198. The highest BCUT2D eigenvalue weighted by Gasteiger charge is 2.20. The maximum atomic E-state index is 12.7. The first-order valence-corrected chi connectivity index (χ1v) is 26.3. The van der Waals surface area contributed by atoms with Crippen molar-refractivity contribution < 1.29 is 37.3 Å². The van der Waals surface area contributed by atoms with E-state index in [4.69, 9.17) is 18.5 Å². The summed E-state index contributed by atoms with van der Waals surface area (Å²) in [6.45, 7) is 5.37. The van der Waals surface area contributed by atoms with Gasteiger partial charge in [0.15, 0.2) is 0 Å². The van der Waals surface area contributed by atoms with Gasteiger partial charge in [-0.1, -0.05) is 178 Å². The van der Waals surface area contributed by atoms with E-state index in [1.807, 2.05) is 21.1 Å². The van der Waals surface area contributed by atoms with E-state index in [0.29, 0.717) is 24.1 Å². The van der Waals surface area contributed by atoms with Gasteiger partial charge in [0.25, 0.3) is 7.82 Å². The second-order valence-corrected chi connectivity index (χ2v) is 19.2. The number of allylic oxidation sites excluding steroid dienone is 8. The van der Waals surface area contributed by atoms with Crippen molar-refractivity contribution in [3.05, 3.63) is 48.6 Å². The Bertz CT molecular complexity index is 1100. The van der Waals surface area contributed by atoms with Gasteiger partial charge in [-0.05, 0) is 77.0 Å². The average molecular weight is 866 g/mol. The van der Waals surface area contributed by atoms with Crippen LogP contribution in [0.4, 0.5) is 0 Å². The standard InChI is InChI=1S/C51H96NO7P/c1-6-8-10-12-14-16-18-20-22-24-26-28-30-32-34-36-38-40-42-44-51(53)59-50(49-58-60(54,55)57-47-45-52(3,4)5)48-56-46-43-41-39-37-35-33-31-29-27-25-23-21-19-17-15-13-11-9-7-2/h14,16-17,19-20,22-23,25,50H,6-13,15,18,21,24,26-49H2,1-5H3/b16-14-,19-17-,22-20-,25-23-. The molecule has 2 unspecified atom stereocenters. The van der Waals surface area contributed by atoms with Gasteiger partial charge in [-0.25, -0.2) is 0 Å². The third kappa shape index (κ3) is 47.5. The minimum atomic E-state index is -4.53. The Hall–Kier alpha value is -1.54. The van der Waals surface area contributed by atoms with Gasteiger partial charge in [-0.15, -0.1) is 0 Å². The highest BCUT2D eigenvalue weighted by molar-refractivity contribution is 7.45. The molecule has 0 aromatic heterocycles. The third-order valence-electron chi connectivity index (χ3n) is 10.6. The number of hydrogen-bond acceptors (Lipinski definition) is 7. The van der Waals surface area contributed by atoms with Crippen molar-refractivity contribution in [1.82, 2.24) is 0 Å². The summed E-state index contributed by atoms with van der Waals surface area (Å²) in [5.74, 6) is -0.340. The maximum Gasteiger partial charge on any atom is 0.306 e. The lowest BCUT2D eigenvalue weighted by Crippen LogP contribution is -2.37. The van der Waals surface area contributed by atoms with E-state index in [2.05, 4.69) is 62.5 Å². The molecule has 352 valence electrons. The van der Waals surface area contributed by atoms with Gasteiger partial charge in [0.1, 0.15) is 19.3 Å². The number of carbonyl (C=O) groups is 1. The van der Waals surface area contributed by atoms with Crippen LogP contribution in [0.25, 0.3) is 0 Å². The van der Waals surface area contributed by atoms with E-state index in [1.54, 1.807) is 0 Å². The van der Waals surface area contributed by atoms with Gasteiger partial charge >= 0.3 is 5.97 Å². The highest BCUT2D eigenvalue weighted by atomic mass is 31.2. The lowest BCUT2D eigenvalue weighted by molar-refractivity contribution is -0.870. The molecule has 0 saturated carbocycles. The average Bonchev–Trinajstić information content (AvgIpc) is 3.20. The molecule has 0 bridgehead atoms. The zero-order valence-electron chi connectivity index (χ0n) is 39.9. The van der Waals surface area contributed by atoms with Crippen LogP contribution in [0.15, 0.2) is 48.6 Å². The molecule has 60 heavy (non-hydrogen) atoms. The summed E-state index contributed by atoms with van der Waals surface area (Å²) in [4.78, 5) is 25.1. The summed E-state index contributed by atoms with van der Waals surface area (Å²) < 4.78 is 34.7. The first kappa shape index (κ1) is 58.5. The van der Waals surface area contributed by atoms with Crippen molar-refractivity contribution in [3.63, 3.8) is 0 Å². The molecule has 0 aromatic carbocycles. The predicted octanol–water partition coefficient (Wildman–Crippen LogP) is 14.5. The van der Waals surface area contributed by atoms with Crippen molar-refractivity contribution in [1.29, 1.82) is 0 Å². The van der Waals surface area contributed by atoms with Gasteiger partial charge in [0.05, 0.1) is 34.4 Å². The number of likely N-dealkylation sites (N-methyl/N-ethyl adjacent to an activating group) is 1. The van der Waals surface area contributed by atoms with Gasteiger partial charge in [0, 0.05) is 13.0 Å². The topological polar surface area (TPSA) is 94.1 Å². The molecule has 0 aliphatic carbocycles. The molecular formula is C51H96NO7P. The van der Waals surface area contributed by atoms with Gasteiger partial charge in [-0.2, -0.15) is 0 Å². The second kappa shape index (κ2) is 44.1. The number of esters is 1. The van der Waals surface area contributed by atoms with E-state index in [-0.39, 0.29) is 25.8 Å². The van der Waals surface area contributed by atoms with Crippen LogP contribution in [0.2, 0.25) is 0 Å². The van der Waals surface area contributed by atoms with Crippen LogP contribution in [0.3, 0.4) is 0 Å². The maximum absolute atomic E-state index is 12.7. The Morgan fingerprint density at radius 2 is 0.917 bits per heavy atom. The van der Waals surface area contributed by atoms with Crippen molar-refractivity contribution in [2.45, 2.75) is 219 Å². The van der Waals surface area contributed by atoms with Crippen molar-refractivity contribution in [3.8, 4) is 0 Å². The third-order valence-corrected chi connectivity index (χ3v) is 11.6. The fourth-order valence-electron chi connectivity index (χ4n) is 6.72. The SMILES string of the molecule is CCCCC/C=C\C/C=C\CCCCCCCCCCCC(=O)OC(COCCCCCCCCCC/C=C\C/C=C\CCCCCC)COP(=O)([O-])OCC[N+](C)(C)C. The molecule has 0 saturated heterocycles. The minimum Gasteiger partial charge on any atom is -0.756 e. The van der Waals surface area contributed by atoms with Crippen LogP contribution in [0, 0.1) is 0 Å². The van der Waals surface area contributed by atoms with Crippen LogP contribution in [-0.2, 0) is 27.9 Å². The number of phosphoric acid groups is 1. The van der Waals surface area contributed by atoms with Crippen LogP contribution in [-0.4, -0.2) is 70.7 Å². The molecule has 0 spiro atoms. The van der Waals surface area contributed by atoms with E-state index in [0.717, 1.165) is 44.9 Å². The lowest BCUT2D eigenvalue weighted by Gasteiger charge is -2.28. The zero-order valence-corrected chi connectivity index (χ0v) is 40.8. The molecule has 0 rings (SSSR count).